The highest BCUT2D eigenvalue weighted by Gasteiger charge is 2.37. The summed E-state index contributed by atoms with van der Waals surface area (Å²) in [6.45, 7) is 2.69. The molecule has 4 rings (SSSR count). The monoisotopic (exact) mass is 306 g/mol. The predicted molar refractivity (Wildman–Crippen MR) is 85.3 cm³/mol. The Balaban J connectivity index is 1.89. The van der Waals surface area contributed by atoms with Crippen LogP contribution in [0.3, 0.4) is 0 Å². The lowest BCUT2D eigenvalue weighted by molar-refractivity contribution is -0.728. The van der Waals surface area contributed by atoms with Crippen LogP contribution in [-0.2, 0) is 19.2 Å². The molecule has 0 fully saturated rings. The zero-order valence-corrected chi connectivity index (χ0v) is 12.9. The predicted octanol–water partition coefficient (Wildman–Crippen LogP) is 2.57. The smallest absolute Gasteiger partial charge is 0.258 e. The first-order valence-corrected chi connectivity index (χ1v) is 7.59. The van der Waals surface area contributed by atoms with E-state index in [1.807, 2.05) is 58.5 Å². The van der Waals surface area contributed by atoms with Gasteiger partial charge in [-0.25, -0.2) is 4.57 Å². The molecule has 0 saturated heterocycles. The fourth-order valence-corrected chi connectivity index (χ4v) is 3.47. The topological polar surface area (TPSA) is 25.9 Å². The second kappa shape index (κ2) is 4.78. The summed E-state index contributed by atoms with van der Waals surface area (Å²) >= 11 is 5.58. The fraction of sp³-hybridized carbons (Fsp3) is 0.111. The van der Waals surface area contributed by atoms with E-state index in [-0.39, 0.29) is 5.78 Å². The van der Waals surface area contributed by atoms with Gasteiger partial charge in [0.05, 0.1) is 5.56 Å². The van der Waals surface area contributed by atoms with Gasteiger partial charge in [-0.1, -0.05) is 42.5 Å². The molecule has 0 N–H and O–H groups in total. The first-order chi connectivity index (χ1) is 10.7. The molecule has 0 spiro atoms. The molecule has 1 aromatic heterocycles. The zero-order chi connectivity index (χ0) is 15.3. The lowest BCUT2D eigenvalue weighted by Crippen LogP contribution is -2.39. The molecule has 0 saturated carbocycles. The summed E-state index contributed by atoms with van der Waals surface area (Å²) < 4.78 is 4.02. The van der Waals surface area contributed by atoms with E-state index in [2.05, 4.69) is 12.1 Å². The van der Waals surface area contributed by atoms with Crippen molar-refractivity contribution in [2.45, 2.75) is 18.5 Å². The summed E-state index contributed by atoms with van der Waals surface area (Å²) in [5.74, 6) is 1.01. The van der Waals surface area contributed by atoms with E-state index < -0.39 is 0 Å². The van der Waals surface area contributed by atoms with E-state index in [0.717, 1.165) is 17.1 Å². The Morgan fingerprint density at radius 2 is 1.73 bits per heavy atom. The minimum absolute atomic E-state index is 0.0236. The molecule has 4 heteroatoms. The summed E-state index contributed by atoms with van der Waals surface area (Å²) in [6.07, 6.45) is 0. The Morgan fingerprint density at radius 3 is 2.50 bits per heavy atom. The van der Waals surface area contributed by atoms with Gasteiger partial charge in [-0.3, -0.25) is 4.79 Å². The standard InChI is InChI=1S/C18H14N2OS/c1-12-19(11-13-7-3-2-4-8-13)18(22)16-17(21)14-9-5-6-10-15(14)20(12)16/h2-10H,11H2,1H3. The molecule has 0 unspecified atom stereocenters. The molecular formula is C18H14N2OS. The number of para-hydroxylation sites is 1. The van der Waals surface area contributed by atoms with Crippen LogP contribution in [0.1, 0.15) is 27.4 Å². The van der Waals surface area contributed by atoms with Gasteiger partial charge in [0.2, 0.25) is 5.78 Å². The van der Waals surface area contributed by atoms with Gasteiger partial charge in [-0.05, 0) is 17.7 Å². The van der Waals surface area contributed by atoms with Crippen molar-refractivity contribution in [1.29, 1.82) is 0 Å². The van der Waals surface area contributed by atoms with Crippen molar-refractivity contribution in [2.24, 2.45) is 0 Å². The number of nitrogens with zero attached hydrogens (tertiary/aromatic N) is 2. The normalized spacial score (nSPS) is 12.3. The number of fused-ring (bicyclic) bond motifs is 3. The second-order valence-electron chi connectivity index (χ2n) is 5.45. The van der Waals surface area contributed by atoms with Gasteiger partial charge in [0.25, 0.3) is 5.82 Å². The van der Waals surface area contributed by atoms with Gasteiger partial charge in [0.1, 0.15) is 12.2 Å². The maximum absolute atomic E-state index is 12.6. The number of carbonyl (C=O) groups excluding carboxylic acids is 1. The molecule has 0 radical (unpaired) electrons. The summed E-state index contributed by atoms with van der Waals surface area (Å²) in [6, 6.07) is 17.8. The van der Waals surface area contributed by atoms with E-state index in [9.17, 15) is 4.79 Å². The van der Waals surface area contributed by atoms with Crippen molar-refractivity contribution in [2.75, 3.05) is 0 Å². The third-order valence-electron chi connectivity index (χ3n) is 4.17. The number of imidazole rings is 1. The largest absolute Gasteiger partial charge is 0.733 e. The van der Waals surface area contributed by atoms with Gasteiger partial charge in [-0.15, -0.1) is 0 Å². The van der Waals surface area contributed by atoms with E-state index in [1.54, 1.807) is 0 Å². The summed E-state index contributed by atoms with van der Waals surface area (Å²) in [5.41, 5.74) is 3.45. The third-order valence-corrected chi connectivity index (χ3v) is 4.59. The van der Waals surface area contributed by atoms with Crippen molar-refractivity contribution >= 4 is 18.4 Å². The van der Waals surface area contributed by atoms with Crippen molar-refractivity contribution in [3.8, 4) is 5.69 Å². The van der Waals surface area contributed by atoms with Gasteiger partial charge in [-0.2, -0.15) is 4.57 Å². The van der Waals surface area contributed by atoms with E-state index in [1.165, 1.54) is 5.56 Å². The molecular weight excluding hydrogens is 292 g/mol. The number of ketones is 1. The van der Waals surface area contributed by atoms with Gasteiger partial charge < -0.3 is 12.6 Å². The highest BCUT2D eigenvalue weighted by molar-refractivity contribution is 7.58. The van der Waals surface area contributed by atoms with Crippen molar-refractivity contribution in [3.63, 3.8) is 0 Å². The SMILES string of the molecule is Cc1n2c(c([S-])[n+]1Cc1ccccc1)C(=O)c1ccccc1-2. The molecule has 0 aliphatic carbocycles. The minimum Gasteiger partial charge on any atom is -0.733 e. The molecule has 2 heterocycles. The van der Waals surface area contributed by atoms with Crippen molar-refractivity contribution in [1.82, 2.24) is 4.57 Å². The highest BCUT2D eigenvalue weighted by atomic mass is 32.1. The molecule has 1 aliphatic heterocycles. The maximum atomic E-state index is 12.6. The van der Waals surface area contributed by atoms with E-state index in [0.29, 0.717) is 17.3 Å². The van der Waals surface area contributed by atoms with Crippen molar-refractivity contribution < 1.29 is 9.36 Å². The number of rotatable bonds is 2. The van der Waals surface area contributed by atoms with Crippen LogP contribution in [0.15, 0.2) is 59.6 Å². The highest BCUT2D eigenvalue weighted by Crippen LogP contribution is 2.30. The molecule has 22 heavy (non-hydrogen) atoms. The Morgan fingerprint density at radius 1 is 1.05 bits per heavy atom. The number of hydrogen-bond donors (Lipinski definition) is 0. The van der Waals surface area contributed by atoms with Crippen LogP contribution in [0.5, 0.6) is 0 Å². The lowest BCUT2D eigenvalue weighted by atomic mass is 10.1. The number of hydrogen-bond acceptors (Lipinski definition) is 2. The summed E-state index contributed by atoms with van der Waals surface area (Å²) in [7, 11) is 0. The molecule has 1 aliphatic rings. The average molecular weight is 306 g/mol. The molecule has 0 bridgehead atoms. The third kappa shape index (κ3) is 1.74. The first-order valence-electron chi connectivity index (χ1n) is 7.18. The lowest BCUT2D eigenvalue weighted by Gasteiger charge is -2.08. The molecule has 3 nitrogen and oxygen atoms in total. The van der Waals surface area contributed by atoms with Crippen LogP contribution in [0.4, 0.5) is 0 Å². The van der Waals surface area contributed by atoms with Crippen LogP contribution in [0, 0.1) is 6.92 Å². The first kappa shape index (κ1) is 13.2. The van der Waals surface area contributed by atoms with Gasteiger partial charge in [0.15, 0.2) is 5.69 Å². The van der Waals surface area contributed by atoms with Crippen LogP contribution in [0.25, 0.3) is 5.69 Å². The molecule has 0 amide bonds. The number of benzene rings is 2. The van der Waals surface area contributed by atoms with Crippen molar-refractivity contribution in [3.05, 3.63) is 77.2 Å². The minimum atomic E-state index is 0.0236. The maximum Gasteiger partial charge on any atom is 0.258 e. The van der Waals surface area contributed by atoms with Crippen LogP contribution < -0.4 is 4.57 Å². The van der Waals surface area contributed by atoms with Crippen LogP contribution >= 0.6 is 0 Å². The summed E-state index contributed by atoms with van der Waals surface area (Å²) in [5, 5.41) is 0.613. The second-order valence-corrected chi connectivity index (χ2v) is 5.84. The quantitative estimate of drug-likeness (QED) is 0.420. The van der Waals surface area contributed by atoms with E-state index in [4.69, 9.17) is 12.6 Å². The van der Waals surface area contributed by atoms with Crippen LogP contribution in [0.2, 0.25) is 0 Å². The number of carbonyl (C=O) groups is 1. The molecule has 3 aromatic rings. The molecule has 108 valence electrons. The Kier molecular flexibility index (Phi) is 2.87. The average Bonchev–Trinajstić information content (AvgIpc) is 2.98. The van der Waals surface area contributed by atoms with E-state index >= 15 is 0 Å². The van der Waals surface area contributed by atoms with Crippen LogP contribution in [-0.4, -0.2) is 10.4 Å². The van der Waals surface area contributed by atoms with Gasteiger partial charge >= 0.3 is 0 Å². The Labute approximate surface area is 134 Å². The summed E-state index contributed by atoms with van der Waals surface area (Å²) in [4.78, 5) is 12.6. The molecule has 2 aromatic carbocycles. The number of aromatic nitrogens is 2. The molecule has 0 atom stereocenters. The Hall–Kier alpha value is -2.46. The fourth-order valence-electron chi connectivity index (χ4n) is 3.09. The Bertz CT molecular complexity index is 897. The zero-order valence-electron chi connectivity index (χ0n) is 12.1. The van der Waals surface area contributed by atoms with Gasteiger partial charge in [0, 0.05) is 11.9 Å².